The molecule has 6 heteroatoms. The molecule has 0 fully saturated rings. The van der Waals surface area contributed by atoms with Gasteiger partial charge < -0.3 is 11.1 Å². The van der Waals surface area contributed by atoms with Gasteiger partial charge in [0.05, 0.1) is 24.0 Å². The standard InChI is InChI=1S/C13H22N4O.ClH/c1-8(9(2)14)11(18)17-10-6-15-12(16-7-10)13(3,4)5;/h6-9H,14H2,1-5H3,(H,17,18);1H. The second-order valence-corrected chi connectivity index (χ2v) is 5.68. The fourth-order valence-electron chi connectivity index (χ4n) is 1.27. The molecule has 19 heavy (non-hydrogen) atoms. The number of carbonyl (C=O) groups is 1. The molecule has 0 aliphatic carbocycles. The van der Waals surface area contributed by atoms with Crippen molar-refractivity contribution >= 4 is 24.0 Å². The van der Waals surface area contributed by atoms with Crippen LogP contribution in [0.3, 0.4) is 0 Å². The number of carbonyl (C=O) groups excluding carboxylic acids is 1. The van der Waals surface area contributed by atoms with E-state index >= 15 is 0 Å². The molecule has 0 saturated heterocycles. The fraction of sp³-hybridized carbons (Fsp3) is 0.615. The number of nitrogens with two attached hydrogens (primary N) is 1. The quantitative estimate of drug-likeness (QED) is 0.892. The second kappa shape index (κ2) is 6.82. The van der Waals surface area contributed by atoms with E-state index in [1.807, 2.05) is 27.7 Å². The summed E-state index contributed by atoms with van der Waals surface area (Å²) in [4.78, 5) is 20.3. The summed E-state index contributed by atoms with van der Waals surface area (Å²) in [5.41, 5.74) is 6.18. The third-order valence-corrected chi connectivity index (χ3v) is 2.79. The molecule has 2 unspecified atom stereocenters. The average molecular weight is 287 g/mol. The monoisotopic (exact) mass is 286 g/mol. The molecule has 0 radical (unpaired) electrons. The second-order valence-electron chi connectivity index (χ2n) is 5.68. The zero-order valence-electron chi connectivity index (χ0n) is 12.1. The smallest absolute Gasteiger partial charge is 0.228 e. The highest BCUT2D eigenvalue weighted by Crippen LogP contribution is 2.18. The van der Waals surface area contributed by atoms with E-state index in [4.69, 9.17) is 5.73 Å². The van der Waals surface area contributed by atoms with Gasteiger partial charge in [-0.3, -0.25) is 4.79 Å². The van der Waals surface area contributed by atoms with E-state index in [0.717, 1.165) is 5.82 Å². The summed E-state index contributed by atoms with van der Waals surface area (Å²) in [6, 6.07) is -0.181. The van der Waals surface area contributed by atoms with E-state index in [-0.39, 0.29) is 35.7 Å². The topological polar surface area (TPSA) is 80.9 Å². The number of nitrogens with zero attached hydrogens (tertiary/aromatic N) is 2. The SMILES string of the molecule is CC(N)C(C)C(=O)Nc1cnc(C(C)(C)C)nc1.Cl. The molecule has 0 saturated carbocycles. The van der Waals surface area contributed by atoms with Gasteiger partial charge in [0.25, 0.3) is 0 Å². The number of aromatic nitrogens is 2. The van der Waals surface area contributed by atoms with Crippen molar-refractivity contribution in [3.05, 3.63) is 18.2 Å². The maximum Gasteiger partial charge on any atom is 0.228 e. The lowest BCUT2D eigenvalue weighted by Gasteiger charge is -2.17. The molecule has 0 bridgehead atoms. The largest absolute Gasteiger partial charge is 0.327 e. The molecule has 1 aromatic heterocycles. The van der Waals surface area contributed by atoms with Gasteiger partial charge >= 0.3 is 0 Å². The molecule has 1 amide bonds. The molecular formula is C13H23ClN4O. The molecule has 108 valence electrons. The van der Waals surface area contributed by atoms with Crippen LogP contribution in [0.4, 0.5) is 5.69 Å². The Kier molecular flexibility index (Phi) is 6.39. The Hall–Kier alpha value is -1.20. The van der Waals surface area contributed by atoms with Gasteiger partial charge in [-0.1, -0.05) is 27.7 Å². The molecule has 2 atom stereocenters. The third-order valence-electron chi connectivity index (χ3n) is 2.79. The van der Waals surface area contributed by atoms with Crippen molar-refractivity contribution in [3.63, 3.8) is 0 Å². The summed E-state index contributed by atoms with van der Waals surface area (Å²) in [5.74, 6) is 0.394. The van der Waals surface area contributed by atoms with Crippen LogP contribution in [0.25, 0.3) is 0 Å². The van der Waals surface area contributed by atoms with Gasteiger partial charge in [-0.25, -0.2) is 9.97 Å². The first-order chi connectivity index (χ1) is 8.21. The maximum atomic E-state index is 11.8. The molecular weight excluding hydrogens is 264 g/mol. The van der Waals surface area contributed by atoms with Crippen molar-refractivity contribution < 1.29 is 4.79 Å². The van der Waals surface area contributed by atoms with Crippen LogP contribution in [0.15, 0.2) is 12.4 Å². The number of anilines is 1. The molecule has 0 aliphatic heterocycles. The zero-order chi connectivity index (χ0) is 13.9. The molecule has 0 aliphatic rings. The molecule has 1 aromatic rings. The van der Waals surface area contributed by atoms with Gasteiger partial charge in [0.2, 0.25) is 5.91 Å². The fourth-order valence-corrected chi connectivity index (χ4v) is 1.27. The predicted molar refractivity (Wildman–Crippen MR) is 79.4 cm³/mol. The molecule has 0 aromatic carbocycles. The Morgan fingerprint density at radius 2 is 1.74 bits per heavy atom. The highest BCUT2D eigenvalue weighted by atomic mass is 35.5. The van der Waals surface area contributed by atoms with Gasteiger partial charge in [0.15, 0.2) is 0 Å². The van der Waals surface area contributed by atoms with Crippen LogP contribution in [0.2, 0.25) is 0 Å². The summed E-state index contributed by atoms with van der Waals surface area (Å²) < 4.78 is 0. The Bertz CT molecular complexity index is 412. The first-order valence-corrected chi connectivity index (χ1v) is 6.11. The molecule has 1 heterocycles. The van der Waals surface area contributed by atoms with Crippen LogP contribution in [-0.4, -0.2) is 21.9 Å². The van der Waals surface area contributed by atoms with Gasteiger partial charge in [0.1, 0.15) is 5.82 Å². The highest BCUT2D eigenvalue weighted by molar-refractivity contribution is 5.92. The number of amides is 1. The van der Waals surface area contributed by atoms with Gasteiger partial charge in [0, 0.05) is 11.5 Å². The number of rotatable bonds is 3. The van der Waals surface area contributed by atoms with Crippen LogP contribution in [0, 0.1) is 5.92 Å². The van der Waals surface area contributed by atoms with Crippen LogP contribution in [0.5, 0.6) is 0 Å². The zero-order valence-corrected chi connectivity index (χ0v) is 12.9. The van der Waals surface area contributed by atoms with E-state index in [2.05, 4.69) is 15.3 Å². The number of halogens is 1. The number of nitrogens with one attached hydrogen (secondary N) is 1. The van der Waals surface area contributed by atoms with E-state index in [0.29, 0.717) is 5.69 Å². The summed E-state index contributed by atoms with van der Waals surface area (Å²) in [5, 5.41) is 2.76. The highest BCUT2D eigenvalue weighted by Gasteiger charge is 2.19. The average Bonchev–Trinajstić information content (AvgIpc) is 2.27. The Morgan fingerprint density at radius 3 is 2.11 bits per heavy atom. The van der Waals surface area contributed by atoms with Crippen LogP contribution >= 0.6 is 12.4 Å². The van der Waals surface area contributed by atoms with E-state index < -0.39 is 0 Å². The van der Waals surface area contributed by atoms with Crippen LogP contribution < -0.4 is 11.1 Å². The molecule has 5 nitrogen and oxygen atoms in total. The van der Waals surface area contributed by atoms with E-state index in [1.54, 1.807) is 19.3 Å². The van der Waals surface area contributed by atoms with Crippen LogP contribution in [-0.2, 0) is 10.2 Å². The minimum absolute atomic E-state index is 0. The first kappa shape index (κ1) is 17.8. The Morgan fingerprint density at radius 1 is 1.26 bits per heavy atom. The van der Waals surface area contributed by atoms with Crippen molar-refractivity contribution in [3.8, 4) is 0 Å². The van der Waals surface area contributed by atoms with Crippen molar-refractivity contribution in [1.82, 2.24) is 9.97 Å². The lowest BCUT2D eigenvalue weighted by Crippen LogP contribution is -2.34. The number of hydrogen-bond donors (Lipinski definition) is 2. The van der Waals surface area contributed by atoms with Crippen LogP contribution in [0.1, 0.15) is 40.4 Å². The summed E-state index contributed by atoms with van der Waals surface area (Å²) in [6.07, 6.45) is 3.25. The van der Waals surface area contributed by atoms with Crippen molar-refractivity contribution in [2.45, 2.75) is 46.1 Å². The molecule has 0 spiro atoms. The Labute approximate surface area is 120 Å². The first-order valence-electron chi connectivity index (χ1n) is 6.11. The molecule has 3 N–H and O–H groups in total. The van der Waals surface area contributed by atoms with Gasteiger partial charge in [-0.05, 0) is 6.92 Å². The summed E-state index contributed by atoms with van der Waals surface area (Å²) >= 11 is 0. The Balaban J connectivity index is 0.00000324. The summed E-state index contributed by atoms with van der Waals surface area (Å²) in [6.45, 7) is 9.73. The minimum Gasteiger partial charge on any atom is -0.327 e. The van der Waals surface area contributed by atoms with Gasteiger partial charge in [-0.15, -0.1) is 12.4 Å². The summed E-state index contributed by atoms with van der Waals surface area (Å²) in [7, 11) is 0. The predicted octanol–water partition coefficient (Wildman–Crippen LogP) is 2.12. The molecule has 1 rings (SSSR count). The van der Waals surface area contributed by atoms with Crippen molar-refractivity contribution in [2.24, 2.45) is 11.7 Å². The number of hydrogen-bond acceptors (Lipinski definition) is 4. The van der Waals surface area contributed by atoms with Crippen molar-refractivity contribution in [2.75, 3.05) is 5.32 Å². The maximum absolute atomic E-state index is 11.8. The third kappa shape index (κ3) is 5.12. The lowest BCUT2D eigenvalue weighted by atomic mass is 9.96. The van der Waals surface area contributed by atoms with E-state index in [1.165, 1.54) is 0 Å². The minimum atomic E-state index is -0.243. The van der Waals surface area contributed by atoms with Crippen molar-refractivity contribution in [1.29, 1.82) is 0 Å². The lowest BCUT2D eigenvalue weighted by molar-refractivity contribution is -0.119. The normalized spacial score (nSPS) is 14.2. The van der Waals surface area contributed by atoms with E-state index in [9.17, 15) is 4.79 Å². The van der Waals surface area contributed by atoms with Gasteiger partial charge in [-0.2, -0.15) is 0 Å².